The second kappa shape index (κ2) is 4.18. The number of aromatic nitrogens is 4. The van der Waals surface area contributed by atoms with Crippen molar-refractivity contribution < 1.29 is 4.79 Å². The number of H-pyrrole nitrogens is 1. The van der Waals surface area contributed by atoms with Crippen LogP contribution in [-0.2, 0) is 11.3 Å². The Kier molecular flexibility index (Phi) is 2.72. The third kappa shape index (κ3) is 2.28. The minimum absolute atomic E-state index is 0.129. The van der Waals surface area contributed by atoms with Gasteiger partial charge in [-0.2, -0.15) is 10.2 Å². The van der Waals surface area contributed by atoms with E-state index in [0.717, 1.165) is 11.4 Å². The average molecular weight is 219 g/mol. The molecule has 0 radical (unpaired) electrons. The van der Waals surface area contributed by atoms with Gasteiger partial charge in [0.1, 0.15) is 12.4 Å². The van der Waals surface area contributed by atoms with E-state index < -0.39 is 0 Å². The van der Waals surface area contributed by atoms with E-state index in [9.17, 15) is 4.79 Å². The van der Waals surface area contributed by atoms with Gasteiger partial charge in [-0.05, 0) is 19.9 Å². The molecule has 2 aromatic heterocycles. The number of aryl methyl sites for hydroxylation is 2. The number of hydrogen-bond donors (Lipinski definition) is 2. The Hall–Kier alpha value is -2.11. The van der Waals surface area contributed by atoms with Crippen LogP contribution in [0.5, 0.6) is 0 Å². The van der Waals surface area contributed by atoms with Crippen LogP contribution >= 0.6 is 0 Å². The number of amides is 1. The Morgan fingerprint density at radius 3 is 2.94 bits per heavy atom. The SMILES string of the molecule is Cc1cc(C)n(CC(=O)Nc2ccn[nH]2)n1. The Balaban J connectivity index is 2.00. The van der Waals surface area contributed by atoms with Gasteiger partial charge in [-0.15, -0.1) is 0 Å². The van der Waals surface area contributed by atoms with Crippen LogP contribution in [0, 0.1) is 13.8 Å². The monoisotopic (exact) mass is 219 g/mol. The second-order valence-corrected chi connectivity index (χ2v) is 3.60. The van der Waals surface area contributed by atoms with E-state index in [2.05, 4.69) is 20.6 Å². The summed E-state index contributed by atoms with van der Waals surface area (Å²) in [6, 6.07) is 3.63. The van der Waals surface area contributed by atoms with Crippen LogP contribution in [0.25, 0.3) is 0 Å². The first-order valence-electron chi connectivity index (χ1n) is 4.95. The van der Waals surface area contributed by atoms with Crippen LogP contribution < -0.4 is 5.32 Å². The lowest BCUT2D eigenvalue weighted by atomic mass is 10.4. The van der Waals surface area contributed by atoms with E-state index >= 15 is 0 Å². The molecular weight excluding hydrogens is 206 g/mol. The average Bonchev–Trinajstić information content (AvgIpc) is 2.78. The van der Waals surface area contributed by atoms with Crippen LogP contribution in [0.15, 0.2) is 18.3 Å². The van der Waals surface area contributed by atoms with Gasteiger partial charge < -0.3 is 5.32 Å². The smallest absolute Gasteiger partial charge is 0.247 e. The summed E-state index contributed by atoms with van der Waals surface area (Å²) in [5.41, 5.74) is 1.88. The van der Waals surface area contributed by atoms with Gasteiger partial charge in [0.25, 0.3) is 0 Å². The molecule has 0 aliphatic rings. The highest BCUT2D eigenvalue weighted by molar-refractivity contribution is 5.89. The lowest BCUT2D eigenvalue weighted by molar-refractivity contribution is -0.117. The summed E-state index contributed by atoms with van der Waals surface area (Å²) in [6.45, 7) is 4.03. The minimum Gasteiger partial charge on any atom is -0.309 e. The van der Waals surface area contributed by atoms with Gasteiger partial charge in [0.05, 0.1) is 11.9 Å². The Labute approximate surface area is 92.7 Å². The zero-order valence-electron chi connectivity index (χ0n) is 9.19. The molecule has 0 aromatic carbocycles. The van der Waals surface area contributed by atoms with Crippen molar-refractivity contribution in [1.82, 2.24) is 20.0 Å². The normalized spacial score (nSPS) is 10.4. The quantitative estimate of drug-likeness (QED) is 0.804. The highest BCUT2D eigenvalue weighted by atomic mass is 16.2. The molecular formula is C10H13N5O. The first-order chi connectivity index (χ1) is 7.65. The fourth-order valence-electron chi connectivity index (χ4n) is 1.49. The maximum atomic E-state index is 11.6. The number of hydrogen-bond acceptors (Lipinski definition) is 3. The standard InChI is InChI=1S/C10H13N5O/c1-7-5-8(2)15(14-7)6-10(16)12-9-3-4-11-13-9/h3-5H,6H2,1-2H3,(H2,11,12,13,16). The van der Waals surface area contributed by atoms with Crippen molar-refractivity contribution in [2.45, 2.75) is 20.4 Å². The topological polar surface area (TPSA) is 75.6 Å². The highest BCUT2D eigenvalue weighted by Crippen LogP contribution is 2.03. The van der Waals surface area contributed by atoms with Gasteiger partial charge in [0, 0.05) is 11.8 Å². The third-order valence-electron chi connectivity index (χ3n) is 2.17. The Morgan fingerprint density at radius 2 is 2.38 bits per heavy atom. The van der Waals surface area contributed by atoms with Gasteiger partial charge in [-0.3, -0.25) is 14.6 Å². The van der Waals surface area contributed by atoms with Crippen molar-refractivity contribution in [2.24, 2.45) is 0 Å². The molecule has 0 spiro atoms. The summed E-state index contributed by atoms with van der Waals surface area (Å²) in [4.78, 5) is 11.6. The number of aromatic amines is 1. The van der Waals surface area contributed by atoms with E-state index in [1.807, 2.05) is 19.9 Å². The first-order valence-corrected chi connectivity index (χ1v) is 4.95. The lowest BCUT2D eigenvalue weighted by Crippen LogP contribution is -2.20. The second-order valence-electron chi connectivity index (χ2n) is 3.60. The molecule has 84 valence electrons. The highest BCUT2D eigenvalue weighted by Gasteiger charge is 2.07. The van der Waals surface area contributed by atoms with Crippen molar-refractivity contribution >= 4 is 11.7 Å². The predicted molar refractivity (Wildman–Crippen MR) is 58.9 cm³/mol. The molecule has 1 amide bonds. The summed E-state index contributed by atoms with van der Waals surface area (Å²) < 4.78 is 1.67. The van der Waals surface area contributed by atoms with Gasteiger partial charge in [0.15, 0.2) is 0 Å². The fraction of sp³-hybridized carbons (Fsp3) is 0.300. The summed E-state index contributed by atoms with van der Waals surface area (Å²) in [6.07, 6.45) is 1.58. The molecule has 0 bridgehead atoms. The Morgan fingerprint density at radius 1 is 1.56 bits per heavy atom. The number of carbonyl (C=O) groups is 1. The van der Waals surface area contributed by atoms with Crippen LogP contribution in [0.2, 0.25) is 0 Å². The van der Waals surface area contributed by atoms with E-state index in [4.69, 9.17) is 0 Å². The van der Waals surface area contributed by atoms with Crippen molar-refractivity contribution in [3.05, 3.63) is 29.7 Å². The first kappa shape index (κ1) is 10.4. The third-order valence-corrected chi connectivity index (χ3v) is 2.17. The Bertz CT molecular complexity index is 485. The van der Waals surface area contributed by atoms with Gasteiger partial charge in [-0.25, -0.2) is 0 Å². The summed E-state index contributed by atoms with van der Waals surface area (Å²) in [5.74, 6) is 0.460. The molecule has 0 aliphatic heterocycles. The molecule has 2 heterocycles. The van der Waals surface area contributed by atoms with E-state index in [1.54, 1.807) is 16.9 Å². The molecule has 0 saturated heterocycles. The van der Waals surface area contributed by atoms with E-state index in [0.29, 0.717) is 5.82 Å². The van der Waals surface area contributed by atoms with Gasteiger partial charge in [0.2, 0.25) is 5.91 Å². The lowest BCUT2D eigenvalue weighted by Gasteiger charge is -2.04. The zero-order valence-corrected chi connectivity index (χ0v) is 9.19. The van der Waals surface area contributed by atoms with Crippen LogP contribution in [-0.4, -0.2) is 25.9 Å². The van der Waals surface area contributed by atoms with Crippen molar-refractivity contribution in [2.75, 3.05) is 5.32 Å². The molecule has 0 fully saturated rings. The van der Waals surface area contributed by atoms with Crippen molar-refractivity contribution in [3.8, 4) is 0 Å². The maximum Gasteiger partial charge on any atom is 0.247 e. The molecule has 16 heavy (non-hydrogen) atoms. The van der Waals surface area contributed by atoms with E-state index in [1.165, 1.54) is 0 Å². The number of nitrogens with one attached hydrogen (secondary N) is 2. The number of carbonyl (C=O) groups excluding carboxylic acids is 1. The number of anilines is 1. The summed E-state index contributed by atoms with van der Waals surface area (Å²) in [5, 5.41) is 13.3. The van der Waals surface area contributed by atoms with Crippen LogP contribution in [0.1, 0.15) is 11.4 Å². The van der Waals surface area contributed by atoms with E-state index in [-0.39, 0.29) is 12.5 Å². The molecule has 6 nitrogen and oxygen atoms in total. The molecule has 0 aliphatic carbocycles. The molecule has 2 aromatic rings. The van der Waals surface area contributed by atoms with Crippen molar-refractivity contribution in [3.63, 3.8) is 0 Å². The summed E-state index contributed by atoms with van der Waals surface area (Å²) >= 11 is 0. The molecule has 0 atom stereocenters. The minimum atomic E-state index is -0.129. The molecule has 6 heteroatoms. The van der Waals surface area contributed by atoms with Crippen molar-refractivity contribution in [1.29, 1.82) is 0 Å². The molecule has 0 saturated carbocycles. The molecule has 0 unspecified atom stereocenters. The number of rotatable bonds is 3. The largest absolute Gasteiger partial charge is 0.309 e. The predicted octanol–water partition coefficient (Wildman–Crippen LogP) is 0.862. The van der Waals surface area contributed by atoms with Crippen LogP contribution in [0.4, 0.5) is 5.82 Å². The summed E-state index contributed by atoms with van der Waals surface area (Å²) in [7, 11) is 0. The number of nitrogens with zero attached hydrogens (tertiary/aromatic N) is 3. The van der Waals surface area contributed by atoms with Crippen LogP contribution in [0.3, 0.4) is 0 Å². The molecule has 2 N–H and O–H groups in total. The van der Waals surface area contributed by atoms with Gasteiger partial charge >= 0.3 is 0 Å². The zero-order chi connectivity index (χ0) is 11.5. The van der Waals surface area contributed by atoms with Gasteiger partial charge in [-0.1, -0.05) is 0 Å². The maximum absolute atomic E-state index is 11.6. The fourth-order valence-corrected chi connectivity index (χ4v) is 1.49. The molecule has 2 rings (SSSR count).